The number of hydrogen-bond donors (Lipinski definition) is 2. The summed E-state index contributed by atoms with van der Waals surface area (Å²) in [5, 5.41) is 8.52. The number of carboxylic acid groups (broad SMARTS) is 1. The zero-order valence-electron chi connectivity index (χ0n) is 7.05. The molecule has 0 unspecified atom stereocenters. The lowest BCUT2D eigenvalue weighted by molar-refractivity contribution is -0.138. The van der Waals surface area contributed by atoms with E-state index in [1.54, 1.807) is 0 Å². The lowest BCUT2D eigenvalue weighted by Gasteiger charge is -2.04. The molecule has 4 heteroatoms. The molecule has 1 atom stereocenters. The molecule has 69 valence electrons. The maximum absolute atomic E-state index is 10.4. The van der Waals surface area contributed by atoms with Gasteiger partial charge in [-0.25, -0.2) is 0 Å². The number of carboxylic acids is 1. The number of rotatable bonds is 3. The van der Waals surface area contributed by atoms with Gasteiger partial charge in [0.2, 0.25) is 0 Å². The first-order valence-electron chi connectivity index (χ1n) is 3.72. The highest BCUT2D eigenvalue weighted by Crippen LogP contribution is 2.01. The maximum atomic E-state index is 10.4. The van der Waals surface area contributed by atoms with Gasteiger partial charge < -0.3 is 10.8 Å². The molecule has 0 saturated heterocycles. The van der Waals surface area contributed by atoms with E-state index in [0.717, 1.165) is 5.56 Å². The van der Waals surface area contributed by atoms with E-state index in [2.05, 4.69) is 0 Å². The van der Waals surface area contributed by atoms with Gasteiger partial charge in [0.1, 0.15) is 6.04 Å². The average molecular weight is 179 g/mol. The van der Waals surface area contributed by atoms with Gasteiger partial charge in [-0.05, 0) is 12.0 Å². The molecule has 0 aliphatic carbocycles. The second-order valence-electron chi connectivity index (χ2n) is 2.63. The van der Waals surface area contributed by atoms with Crippen LogP contribution in [0.4, 0.5) is 0 Å². The van der Waals surface area contributed by atoms with Crippen LogP contribution in [0.5, 0.6) is 0 Å². The fourth-order valence-corrected chi connectivity index (χ4v) is 0.955. The second-order valence-corrected chi connectivity index (χ2v) is 2.63. The van der Waals surface area contributed by atoms with Crippen molar-refractivity contribution in [1.82, 2.24) is 6.15 Å². The predicted molar refractivity (Wildman–Crippen MR) is 47.9 cm³/mol. The number of nitrogens with two attached hydrogens (primary N) is 1. The molecule has 1 aromatic rings. The Labute approximate surface area is 77.0 Å². The fraction of sp³-hybridized carbons (Fsp3) is 0.222. The fourth-order valence-electron chi connectivity index (χ4n) is 0.955. The van der Waals surface area contributed by atoms with E-state index in [1.165, 1.54) is 0 Å². The minimum absolute atomic E-state index is 0. The smallest absolute Gasteiger partial charge is 0.320 e. The molecule has 1 aromatic carbocycles. The van der Waals surface area contributed by atoms with Crippen molar-refractivity contribution in [3.05, 3.63) is 35.9 Å². The molecule has 0 fully saturated rings. The van der Waals surface area contributed by atoms with E-state index in [-0.39, 0.29) is 6.15 Å². The third-order valence-electron chi connectivity index (χ3n) is 1.62. The van der Waals surface area contributed by atoms with Gasteiger partial charge >= 0.3 is 5.97 Å². The first kappa shape index (κ1) is 11.6. The van der Waals surface area contributed by atoms with Gasteiger partial charge in [0.05, 0.1) is 0 Å². The van der Waals surface area contributed by atoms with Crippen molar-refractivity contribution >= 4 is 5.97 Å². The van der Waals surface area contributed by atoms with Crippen LogP contribution in [-0.2, 0) is 11.2 Å². The van der Waals surface area contributed by atoms with E-state index >= 15 is 0 Å². The number of benzene rings is 1. The number of carbonyl (C=O) groups is 1. The molecule has 0 heterocycles. The molecule has 3 N–H and O–H groups in total. The molecule has 0 aromatic heterocycles. The molecule has 1 rings (SSSR count). The Kier molecular flexibility index (Phi) is 4.72. The van der Waals surface area contributed by atoms with Gasteiger partial charge in [0, 0.05) is 6.15 Å². The lowest BCUT2D eigenvalue weighted by atomic mass is 10.1. The summed E-state index contributed by atoms with van der Waals surface area (Å²) in [5.41, 5.74) is 6.30. The summed E-state index contributed by atoms with van der Waals surface area (Å²) < 4.78 is 0. The van der Waals surface area contributed by atoms with Gasteiger partial charge in [-0.3, -0.25) is 4.79 Å². The highest BCUT2D eigenvalue weighted by molar-refractivity contribution is 5.73. The van der Waals surface area contributed by atoms with Crippen molar-refractivity contribution in [3.8, 4) is 0 Å². The molecule has 0 amide bonds. The normalized spacial score (nSPS) is 11.5. The predicted octanol–water partition coefficient (Wildman–Crippen LogP) is 0.160. The molecular formula is C9H11N2O2. The number of aliphatic carboxylic acids is 1. The van der Waals surface area contributed by atoms with Crippen LogP contribution >= 0.6 is 0 Å². The van der Waals surface area contributed by atoms with Crippen LogP contribution in [-0.4, -0.2) is 17.1 Å². The molecule has 0 aliphatic heterocycles. The molecule has 0 saturated carbocycles. The monoisotopic (exact) mass is 179 g/mol. The van der Waals surface area contributed by atoms with E-state index in [0.29, 0.717) is 6.42 Å². The van der Waals surface area contributed by atoms with Gasteiger partial charge in [-0.1, -0.05) is 30.3 Å². The van der Waals surface area contributed by atoms with E-state index in [9.17, 15) is 4.79 Å². The largest absolute Gasteiger partial charge is 0.480 e. The quantitative estimate of drug-likeness (QED) is 0.692. The van der Waals surface area contributed by atoms with E-state index in [1.807, 2.05) is 30.3 Å². The molecule has 0 spiro atoms. The molecule has 4 nitrogen and oxygen atoms in total. The van der Waals surface area contributed by atoms with Gasteiger partial charge in [-0.2, -0.15) is 0 Å². The highest BCUT2D eigenvalue weighted by atomic mass is 16.4. The Balaban J connectivity index is 0.00000144. The summed E-state index contributed by atoms with van der Waals surface area (Å²) in [4.78, 5) is 10.4. The first-order valence-corrected chi connectivity index (χ1v) is 3.72. The molecular weight excluding hydrogens is 168 g/mol. The van der Waals surface area contributed by atoms with Crippen LogP contribution in [0.2, 0.25) is 0 Å². The summed E-state index contributed by atoms with van der Waals surface area (Å²) in [5.74, 6) is -0.959. The Morgan fingerprint density at radius 2 is 1.92 bits per heavy atom. The summed E-state index contributed by atoms with van der Waals surface area (Å²) >= 11 is 0. The number of nitrogens with zero attached hydrogens (tertiary/aromatic N) is 1. The highest BCUT2D eigenvalue weighted by Gasteiger charge is 2.10. The molecule has 0 bridgehead atoms. The van der Waals surface area contributed by atoms with Crippen LogP contribution in [0.25, 0.3) is 0 Å². The SMILES string of the molecule is N[C@H](Cc1ccccc1)C(=O)O.[N]. The zero-order valence-corrected chi connectivity index (χ0v) is 7.05. The maximum Gasteiger partial charge on any atom is 0.320 e. The zero-order chi connectivity index (χ0) is 8.97. The Morgan fingerprint density at radius 1 is 1.38 bits per heavy atom. The Morgan fingerprint density at radius 3 is 2.38 bits per heavy atom. The lowest BCUT2D eigenvalue weighted by Crippen LogP contribution is -2.32. The van der Waals surface area contributed by atoms with Gasteiger partial charge in [0.15, 0.2) is 0 Å². The molecule has 3 radical (unpaired) electrons. The minimum Gasteiger partial charge on any atom is -0.480 e. The van der Waals surface area contributed by atoms with E-state index < -0.39 is 12.0 Å². The van der Waals surface area contributed by atoms with Crippen molar-refractivity contribution in [3.63, 3.8) is 0 Å². The third kappa shape index (κ3) is 3.68. The van der Waals surface area contributed by atoms with Crippen molar-refractivity contribution in [2.45, 2.75) is 12.5 Å². The Bertz CT molecular complexity index is 262. The van der Waals surface area contributed by atoms with Gasteiger partial charge in [0.25, 0.3) is 0 Å². The number of hydrogen-bond acceptors (Lipinski definition) is 2. The second kappa shape index (κ2) is 5.29. The summed E-state index contributed by atoms with van der Waals surface area (Å²) in [6.45, 7) is 0. The van der Waals surface area contributed by atoms with Crippen molar-refractivity contribution in [2.24, 2.45) is 5.73 Å². The molecule has 13 heavy (non-hydrogen) atoms. The Hall–Kier alpha value is -1.39. The topological polar surface area (TPSA) is 93.8 Å². The summed E-state index contributed by atoms with van der Waals surface area (Å²) in [6, 6.07) is 8.54. The van der Waals surface area contributed by atoms with Crippen molar-refractivity contribution < 1.29 is 9.90 Å². The first-order chi connectivity index (χ1) is 5.70. The summed E-state index contributed by atoms with van der Waals surface area (Å²) in [7, 11) is 0. The minimum atomic E-state index is -0.959. The van der Waals surface area contributed by atoms with E-state index in [4.69, 9.17) is 10.8 Å². The standard InChI is InChI=1S/C9H11NO2.N/c10-8(9(11)12)6-7-4-2-1-3-5-7;/h1-5,8H,6,10H2,(H,11,12);/t8-;/m1./s1. The van der Waals surface area contributed by atoms with Crippen LogP contribution in [0.1, 0.15) is 5.56 Å². The van der Waals surface area contributed by atoms with Crippen LogP contribution in [0.3, 0.4) is 0 Å². The van der Waals surface area contributed by atoms with Gasteiger partial charge in [-0.15, -0.1) is 0 Å². The summed E-state index contributed by atoms with van der Waals surface area (Å²) in [6.07, 6.45) is 0.385. The third-order valence-corrected chi connectivity index (χ3v) is 1.62. The van der Waals surface area contributed by atoms with Crippen molar-refractivity contribution in [1.29, 1.82) is 0 Å². The molecule has 0 aliphatic rings. The van der Waals surface area contributed by atoms with Crippen LogP contribution in [0, 0.1) is 0 Å². The van der Waals surface area contributed by atoms with Crippen LogP contribution in [0.15, 0.2) is 30.3 Å². The van der Waals surface area contributed by atoms with Crippen LogP contribution < -0.4 is 11.9 Å². The van der Waals surface area contributed by atoms with Crippen molar-refractivity contribution in [2.75, 3.05) is 0 Å². The average Bonchev–Trinajstić information content (AvgIpc) is 2.06.